The van der Waals surface area contributed by atoms with Gasteiger partial charge in [-0.15, -0.1) is 0 Å². The number of rotatable bonds is 4. The topological polar surface area (TPSA) is 75.8 Å². The molecule has 0 aromatic carbocycles. The van der Waals surface area contributed by atoms with Gasteiger partial charge >= 0.3 is 0 Å². The highest BCUT2D eigenvalue weighted by Crippen LogP contribution is 2.47. The third kappa shape index (κ3) is 4.75. The van der Waals surface area contributed by atoms with Gasteiger partial charge in [0.2, 0.25) is 5.91 Å². The van der Waals surface area contributed by atoms with Crippen LogP contribution in [0.15, 0.2) is 0 Å². The van der Waals surface area contributed by atoms with Crippen LogP contribution >= 0.6 is 0 Å². The van der Waals surface area contributed by atoms with Gasteiger partial charge in [-0.2, -0.15) is 0 Å². The Hall–Kier alpha value is -0.433. The van der Waals surface area contributed by atoms with E-state index < -0.39 is 8.32 Å². The first-order valence-electron chi connectivity index (χ1n) is 12.2. The molecule has 0 radical (unpaired) electrons. The zero-order valence-corrected chi connectivity index (χ0v) is 19.5. The monoisotopic (exact) mass is 422 g/mol. The molecular formula is C23H42N2O3Si. The number of carbonyl (C=O) groups excluding carboxylic acids is 1. The van der Waals surface area contributed by atoms with Crippen LogP contribution in [0.2, 0.25) is 18.6 Å². The first kappa shape index (κ1) is 21.8. The predicted molar refractivity (Wildman–Crippen MR) is 118 cm³/mol. The van der Waals surface area contributed by atoms with E-state index >= 15 is 0 Å². The first-order chi connectivity index (χ1) is 13.9. The van der Waals surface area contributed by atoms with Crippen molar-refractivity contribution in [1.29, 1.82) is 0 Å². The second-order valence-electron chi connectivity index (χ2n) is 11.0. The van der Waals surface area contributed by atoms with Gasteiger partial charge in [-0.1, -0.05) is 12.8 Å². The van der Waals surface area contributed by atoms with Gasteiger partial charge in [0.15, 0.2) is 8.32 Å². The minimum atomic E-state index is -2.23. The minimum Gasteiger partial charge on any atom is -0.432 e. The molecule has 0 aromatic rings. The summed E-state index contributed by atoms with van der Waals surface area (Å²) in [4.78, 5) is 26.1. The maximum atomic E-state index is 13.3. The first-order valence-corrected chi connectivity index (χ1v) is 15.2. The normalized spacial score (nSPS) is 39.4. The number of carbonyl (C=O) groups is 1. The van der Waals surface area contributed by atoms with Crippen molar-refractivity contribution in [1.82, 2.24) is 4.90 Å². The number of hydrogen-bond donors (Lipinski definition) is 2. The Morgan fingerprint density at radius 3 is 2.52 bits per heavy atom. The summed E-state index contributed by atoms with van der Waals surface area (Å²) in [5, 5.41) is 0. The van der Waals surface area contributed by atoms with Gasteiger partial charge in [-0.05, 0) is 88.3 Å². The van der Waals surface area contributed by atoms with E-state index in [-0.39, 0.29) is 17.6 Å². The largest absolute Gasteiger partial charge is 0.432 e. The molecule has 4 fully saturated rings. The molecule has 29 heavy (non-hydrogen) atoms. The fourth-order valence-electron chi connectivity index (χ4n) is 6.94. The van der Waals surface area contributed by atoms with E-state index in [1.807, 2.05) is 13.1 Å². The highest BCUT2D eigenvalue weighted by atomic mass is 28.4. The number of fused-ring (bicyclic) bond motifs is 1. The zero-order chi connectivity index (χ0) is 20.6. The molecule has 0 aromatic heterocycles. The summed E-state index contributed by atoms with van der Waals surface area (Å²) in [5.74, 6) is 3.26. The molecule has 2 aliphatic carbocycles. The third-order valence-electron chi connectivity index (χ3n) is 8.77. The highest BCUT2D eigenvalue weighted by Gasteiger charge is 2.49. The predicted octanol–water partition coefficient (Wildman–Crippen LogP) is 3.37. The van der Waals surface area contributed by atoms with Gasteiger partial charge in [0.25, 0.3) is 0 Å². The number of nitrogens with two attached hydrogens (primary N) is 1. The second kappa shape index (κ2) is 8.97. The van der Waals surface area contributed by atoms with Crippen molar-refractivity contribution < 1.29 is 14.3 Å². The highest BCUT2D eigenvalue weighted by molar-refractivity contribution is 6.71. The molecule has 2 saturated carbocycles. The summed E-state index contributed by atoms with van der Waals surface area (Å²) in [6.07, 6.45) is 10.8. The molecule has 6 atom stereocenters. The lowest BCUT2D eigenvalue weighted by Gasteiger charge is -2.42. The Morgan fingerprint density at radius 2 is 1.83 bits per heavy atom. The van der Waals surface area contributed by atoms with Crippen molar-refractivity contribution in [2.24, 2.45) is 35.3 Å². The summed E-state index contributed by atoms with van der Waals surface area (Å²) in [6, 6.07) is 0. The van der Waals surface area contributed by atoms with Crippen LogP contribution in [0.4, 0.5) is 0 Å². The minimum absolute atomic E-state index is 0.143. The molecule has 0 bridgehead atoms. The SMILES string of the molecule is C[Si](C)(O)C1COC2CCC(C(=O)N3CCC(C4CCCC(CN)C4)CC3)CC21. The van der Waals surface area contributed by atoms with Crippen molar-refractivity contribution in [3.8, 4) is 0 Å². The zero-order valence-electron chi connectivity index (χ0n) is 18.5. The van der Waals surface area contributed by atoms with Gasteiger partial charge in [-0.3, -0.25) is 4.79 Å². The maximum Gasteiger partial charge on any atom is 0.225 e. The molecule has 166 valence electrons. The molecule has 2 saturated heterocycles. The van der Waals surface area contributed by atoms with E-state index in [1.165, 1.54) is 38.5 Å². The number of nitrogens with zero attached hydrogens (tertiary/aromatic N) is 1. The average molecular weight is 423 g/mol. The lowest BCUT2D eigenvalue weighted by atomic mass is 9.72. The van der Waals surface area contributed by atoms with Crippen molar-refractivity contribution >= 4 is 14.2 Å². The number of amides is 1. The molecule has 4 rings (SSSR count). The molecule has 2 heterocycles. The molecule has 0 spiro atoms. The standard InChI is InChI=1S/C23H42N2O3Si/c1-29(2,27)22-15-28-21-7-6-19(13-20(21)22)23(26)25-10-8-17(9-11-25)18-5-3-4-16(12-18)14-24/h16-22,27H,3-15,24H2,1-2H3. The van der Waals surface area contributed by atoms with Crippen LogP contribution in [0.3, 0.4) is 0 Å². The van der Waals surface area contributed by atoms with Crippen LogP contribution in [0, 0.1) is 29.6 Å². The Labute approximate surface area is 177 Å². The van der Waals surface area contributed by atoms with E-state index in [1.54, 1.807) is 0 Å². The lowest BCUT2D eigenvalue weighted by Crippen LogP contribution is -2.46. The second-order valence-corrected chi connectivity index (χ2v) is 15.0. The fourth-order valence-corrected chi connectivity index (χ4v) is 8.84. The molecular weight excluding hydrogens is 380 g/mol. The van der Waals surface area contributed by atoms with Crippen molar-refractivity contribution in [2.45, 2.75) is 82.5 Å². The Kier molecular flexibility index (Phi) is 6.74. The molecule has 2 aliphatic heterocycles. The number of piperidine rings is 1. The summed E-state index contributed by atoms with van der Waals surface area (Å²) in [5.41, 5.74) is 6.23. The smallest absolute Gasteiger partial charge is 0.225 e. The van der Waals surface area contributed by atoms with Crippen LogP contribution in [0.25, 0.3) is 0 Å². The van der Waals surface area contributed by atoms with Crippen molar-refractivity contribution in [2.75, 3.05) is 26.2 Å². The van der Waals surface area contributed by atoms with E-state index in [2.05, 4.69) is 4.90 Å². The summed E-state index contributed by atoms with van der Waals surface area (Å²) in [7, 11) is -2.23. The van der Waals surface area contributed by atoms with Crippen LogP contribution in [0.1, 0.15) is 57.8 Å². The van der Waals surface area contributed by atoms with Gasteiger partial charge in [0.1, 0.15) is 0 Å². The molecule has 4 aliphatic rings. The number of hydrogen-bond acceptors (Lipinski definition) is 4. The molecule has 1 amide bonds. The van der Waals surface area contributed by atoms with E-state index in [0.29, 0.717) is 18.4 Å². The van der Waals surface area contributed by atoms with E-state index in [9.17, 15) is 9.59 Å². The summed E-state index contributed by atoms with van der Waals surface area (Å²) in [6.45, 7) is 7.48. The van der Waals surface area contributed by atoms with Gasteiger partial charge in [0, 0.05) is 31.2 Å². The lowest BCUT2D eigenvalue weighted by molar-refractivity contribution is -0.139. The van der Waals surface area contributed by atoms with Crippen molar-refractivity contribution in [3.05, 3.63) is 0 Å². The number of likely N-dealkylation sites (tertiary alicyclic amines) is 1. The van der Waals surface area contributed by atoms with Crippen LogP contribution in [0.5, 0.6) is 0 Å². The number of ether oxygens (including phenoxy) is 1. The summed E-state index contributed by atoms with van der Waals surface area (Å²) >= 11 is 0. The molecule has 6 unspecified atom stereocenters. The Bertz CT molecular complexity index is 573. The quantitative estimate of drug-likeness (QED) is 0.681. The van der Waals surface area contributed by atoms with Crippen LogP contribution in [-0.4, -0.2) is 56.3 Å². The average Bonchev–Trinajstić information content (AvgIpc) is 3.17. The summed E-state index contributed by atoms with van der Waals surface area (Å²) < 4.78 is 6.01. The van der Waals surface area contributed by atoms with Crippen molar-refractivity contribution in [3.63, 3.8) is 0 Å². The van der Waals surface area contributed by atoms with E-state index in [0.717, 1.165) is 56.7 Å². The third-order valence-corrected chi connectivity index (χ3v) is 11.2. The van der Waals surface area contributed by atoms with Gasteiger partial charge < -0.3 is 20.2 Å². The molecule has 3 N–H and O–H groups in total. The fraction of sp³-hybridized carbons (Fsp3) is 0.957. The Balaban J connectivity index is 1.29. The van der Waals surface area contributed by atoms with Gasteiger partial charge in [0.05, 0.1) is 6.10 Å². The maximum absolute atomic E-state index is 13.3. The van der Waals surface area contributed by atoms with E-state index in [4.69, 9.17) is 10.5 Å². The Morgan fingerprint density at radius 1 is 1.07 bits per heavy atom. The van der Waals surface area contributed by atoms with Crippen LogP contribution < -0.4 is 5.73 Å². The van der Waals surface area contributed by atoms with Gasteiger partial charge in [-0.25, -0.2) is 0 Å². The molecule has 5 nitrogen and oxygen atoms in total. The van der Waals surface area contributed by atoms with Crippen LogP contribution in [-0.2, 0) is 9.53 Å². The molecule has 6 heteroatoms.